The number of ether oxygens (including phenoxy) is 7. The molecule has 15 nitrogen and oxygen atoms in total. The lowest BCUT2D eigenvalue weighted by Gasteiger charge is -2.47. The summed E-state index contributed by atoms with van der Waals surface area (Å²) in [6, 6.07) is 6.11. The number of benzene rings is 1. The van der Waals surface area contributed by atoms with E-state index in [4.69, 9.17) is 39.6 Å². The Balaban J connectivity index is 1.47. The number of unbranched alkanes of at least 4 members (excludes halogenated alkanes) is 2. The van der Waals surface area contributed by atoms with Crippen LogP contribution in [-0.4, -0.2) is 134 Å². The van der Waals surface area contributed by atoms with Crippen molar-refractivity contribution in [3.63, 3.8) is 0 Å². The van der Waals surface area contributed by atoms with Crippen LogP contribution in [0.25, 0.3) is 0 Å². The highest BCUT2D eigenvalue weighted by Crippen LogP contribution is 2.40. The van der Waals surface area contributed by atoms with Crippen LogP contribution in [0.15, 0.2) is 64.7 Å². The molecule has 1 saturated carbocycles. The molecule has 0 spiro atoms. The predicted octanol–water partition coefficient (Wildman–Crippen LogP) is 8.51. The van der Waals surface area contributed by atoms with E-state index in [0.717, 1.165) is 16.5 Å². The zero-order valence-corrected chi connectivity index (χ0v) is 46.4. The molecule has 5 rings (SSSR count). The number of aliphatic hydroxyl groups is 2. The summed E-state index contributed by atoms with van der Waals surface area (Å²) in [6.45, 7) is 13.3. The Bertz CT molecular complexity index is 2170. The maximum absolute atomic E-state index is 14.7. The monoisotopic (exact) mass is 1100 g/mol. The number of hydrogen-bond acceptors (Lipinski definition) is 14. The molecule has 0 aromatic heterocycles. The summed E-state index contributed by atoms with van der Waals surface area (Å²) in [6.07, 6.45) is 10.6. The molecule has 410 valence electrons. The van der Waals surface area contributed by atoms with Crippen LogP contribution in [0.2, 0.25) is 0 Å². The van der Waals surface area contributed by atoms with Crippen LogP contribution in [-0.2, 0) is 57.1 Å². The van der Waals surface area contributed by atoms with Gasteiger partial charge < -0.3 is 48.3 Å². The number of cyclic esters (lactones) is 1. The second kappa shape index (κ2) is 28.9. The zero-order chi connectivity index (χ0) is 54.3. The average molecular weight is 1100 g/mol. The first-order valence-corrected chi connectivity index (χ1v) is 27.3. The van der Waals surface area contributed by atoms with Gasteiger partial charge in [0.25, 0.3) is 11.7 Å². The number of methoxy groups -OCH3 is 3. The van der Waals surface area contributed by atoms with Crippen molar-refractivity contribution in [3.05, 3.63) is 70.3 Å². The Morgan fingerprint density at radius 2 is 1.65 bits per heavy atom. The number of carbonyl (C=O) groups is 5. The molecular weight excluding hydrogens is 1010 g/mol. The molecule has 1 amide bonds. The Hall–Kier alpha value is -4.05. The SMILES string of the molecule is C#CCCCCOC(=O)[C@@H](O[C@@H]1CC[C@@H](/C=C(\C)[C@H]2OC(=O)[C@@H]3CCCCN3C(=O)C(=O)[C@]3(O)O[C@H]([C@@H](OC)C[C@@H](C)C/C(C)=C/[C@@H](CC=C)C(=O)C[C@H](O)[C@H]2C)[C@@H](OC)C[C@H]3C)C[C@H]1OC)c1ccc(Br)cc1. The summed E-state index contributed by atoms with van der Waals surface area (Å²) in [4.78, 5) is 72.6. The molecule has 1 aromatic carbocycles. The number of terminal acetylenes is 1. The van der Waals surface area contributed by atoms with Gasteiger partial charge in [-0.25, -0.2) is 9.59 Å². The molecule has 2 N–H and O–H groups in total. The third kappa shape index (κ3) is 15.8. The van der Waals surface area contributed by atoms with E-state index < -0.39 is 102 Å². The number of rotatable bonds is 15. The molecule has 0 unspecified atom stereocenters. The standard InChI is InChI=1S/C58H82BrNO14/c1-11-13-14-17-27-71-57(66)52(41-21-23-43(59)24-22-41)72-47-25-20-40(33-48(47)68-8)31-37(5)51-39(7)45(61)34-46(62)42(18-12-2)29-35(3)28-36(4)30-49(69-9)53-50(70-10)32-38(6)58(67,74-53)54(63)55(64)60-26-16-15-19-44(60)56(65)73-51/h1,12,21-24,29,31,36,38-40,42,44-45,47-53,61,67H,2,13-20,25-28,30,32-34H2,3-10H3/b35-29+,37-31+/t36-,38+,39+,40-,42+,44-,45-,47+,48+,49-,50-,51+,52-,53+,58+/m0/s1. The number of aliphatic hydroxyl groups excluding tert-OH is 1. The van der Waals surface area contributed by atoms with Crippen LogP contribution in [0.1, 0.15) is 136 Å². The highest BCUT2D eigenvalue weighted by Gasteiger charge is 2.56. The van der Waals surface area contributed by atoms with Gasteiger partial charge in [-0.15, -0.1) is 18.9 Å². The maximum atomic E-state index is 14.7. The maximum Gasteiger partial charge on any atom is 0.339 e. The lowest BCUT2D eigenvalue weighted by Crippen LogP contribution is -2.64. The number of piperidine rings is 1. The smallest absolute Gasteiger partial charge is 0.339 e. The topological polar surface area (TPSA) is 194 Å². The van der Waals surface area contributed by atoms with E-state index in [1.54, 1.807) is 27.0 Å². The van der Waals surface area contributed by atoms with Gasteiger partial charge in [-0.05, 0) is 126 Å². The Morgan fingerprint density at radius 1 is 0.959 bits per heavy atom. The minimum Gasteiger partial charge on any atom is -0.464 e. The summed E-state index contributed by atoms with van der Waals surface area (Å²) in [5.41, 5.74) is 2.18. The number of Topliss-reactive ketones (excluding diaryl/α,β-unsaturated/α-hetero) is 2. The van der Waals surface area contributed by atoms with Gasteiger partial charge in [-0.3, -0.25) is 14.4 Å². The predicted molar refractivity (Wildman–Crippen MR) is 282 cm³/mol. The molecule has 2 bridgehead atoms. The first-order chi connectivity index (χ1) is 35.3. The molecule has 1 aliphatic carbocycles. The zero-order valence-electron chi connectivity index (χ0n) is 44.8. The quantitative estimate of drug-likeness (QED) is 0.0558. The first kappa shape index (κ1) is 60.8. The number of amides is 1. The van der Waals surface area contributed by atoms with Crippen molar-refractivity contribution in [2.75, 3.05) is 34.5 Å². The highest BCUT2D eigenvalue weighted by atomic mass is 79.9. The second-order valence-corrected chi connectivity index (χ2v) is 22.1. The number of ketones is 2. The van der Waals surface area contributed by atoms with Crippen molar-refractivity contribution in [1.82, 2.24) is 4.90 Å². The Kier molecular flexibility index (Phi) is 23.8. The van der Waals surface area contributed by atoms with Crippen molar-refractivity contribution < 1.29 is 67.3 Å². The summed E-state index contributed by atoms with van der Waals surface area (Å²) in [7, 11) is 4.64. The summed E-state index contributed by atoms with van der Waals surface area (Å²) in [5, 5.41) is 24.2. The second-order valence-electron chi connectivity index (χ2n) is 21.1. The Morgan fingerprint density at radius 3 is 2.31 bits per heavy atom. The lowest BCUT2D eigenvalue weighted by atomic mass is 9.81. The van der Waals surface area contributed by atoms with Crippen LogP contribution in [0.3, 0.4) is 0 Å². The molecule has 2 saturated heterocycles. The summed E-state index contributed by atoms with van der Waals surface area (Å²) >= 11 is 3.47. The molecule has 0 radical (unpaired) electrons. The molecule has 3 fully saturated rings. The van der Waals surface area contributed by atoms with Crippen molar-refractivity contribution in [1.29, 1.82) is 0 Å². The van der Waals surface area contributed by atoms with Crippen molar-refractivity contribution in [2.24, 2.45) is 29.6 Å². The lowest BCUT2D eigenvalue weighted by molar-refractivity contribution is -0.302. The third-order valence-electron chi connectivity index (χ3n) is 15.5. The van der Waals surface area contributed by atoms with E-state index in [1.165, 1.54) is 19.1 Å². The number of allylic oxidation sites excluding steroid dienone is 4. The first-order valence-electron chi connectivity index (χ1n) is 26.5. The fraction of sp³-hybridized carbons (Fsp3) is 0.672. The Labute approximate surface area is 447 Å². The van der Waals surface area contributed by atoms with Gasteiger partial charge in [-0.2, -0.15) is 0 Å². The van der Waals surface area contributed by atoms with Gasteiger partial charge >= 0.3 is 11.9 Å². The largest absolute Gasteiger partial charge is 0.464 e. The van der Waals surface area contributed by atoms with E-state index in [-0.39, 0.29) is 50.0 Å². The minimum absolute atomic E-state index is 0.0198. The van der Waals surface area contributed by atoms with Crippen LogP contribution >= 0.6 is 15.9 Å². The van der Waals surface area contributed by atoms with Gasteiger partial charge in [0.1, 0.15) is 24.0 Å². The van der Waals surface area contributed by atoms with E-state index >= 15 is 0 Å². The molecule has 1 aromatic rings. The van der Waals surface area contributed by atoms with Crippen molar-refractivity contribution in [2.45, 2.75) is 185 Å². The van der Waals surface area contributed by atoms with E-state index in [1.807, 2.05) is 57.2 Å². The van der Waals surface area contributed by atoms with Gasteiger partial charge in [-0.1, -0.05) is 72.6 Å². The number of hydrogen-bond donors (Lipinski definition) is 2. The molecule has 16 heteroatoms. The molecule has 74 heavy (non-hydrogen) atoms. The molecule has 3 aliphatic heterocycles. The van der Waals surface area contributed by atoms with Gasteiger partial charge in [0.05, 0.1) is 37.1 Å². The van der Waals surface area contributed by atoms with E-state index in [0.29, 0.717) is 75.3 Å². The van der Waals surface area contributed by atoms with Crippen LogP contribution in [0, 0.1) is 41.9 Å². The fourth-order valence-corrected chi connectivity index (χ4v) is 11.5. The third-order valence-corrected chi connectivity index (χ3v) is 16.0. The number of esters is 2. The molecule has 3 heterocycles. The van der Waals surface area contributed by atoms with Gasteiger partial charge in [0, 0.05) is 62.9 Å². The van der Waals surface area contributed by atoms with Crippen molar-refractivity contribution in [3.8, 4) is 12.3 Å². The normalized spacial score (nSPS) is 34.5. The van der Waals surface area contributed by atoms with Gasteiger partial charge in [0.2, 0.25) is 5.79 Å². The minimum atomic E-state index is -2.55. The van der Waals surface area contributed by atoms with Crippen LogP contribution in [0.4, 0.5) is 0 Å². The number of fused-ring (bicyclic) bond motifs is 3. The average Bonchev–Trinajstić information content (AvgIpc) is 3.38. The molecular formula is C58H82BrNO14. The fourth-order valence-electron chi connectivity index (χ4n) is 11.2. The summed E-state index contributed by atoms with van der Waals surface area (Å²) < 4.78 is 43.7. The molecule has 4 aliphatic rings. The van der Waals surface area contributed by atoms with Crippen LogP contribution in [0.5, 0.6) is 0 Å². The van der Waals surface area contributed by atoms with E-state index in [9.17, 15) is 34.2 Å². The van der Waals surface area contributed by atoms with Crippen LogP contribution < -0.4 is 0 Å². The number of nitrogens with zero attached hydrogens (tertiary/aromatic N) is 1. The summed E-state index contributed by atoms with van der Waals surface area (Å²) in [5.74, 6) is -6.10. The van der Waals surface area contributed by atoms with Gasteiger partial charge in [0.15, 0.2) is 6.10 Å². The highest BCUT2D eigenvalue weighted by molar-refractivity contribution is 9.10. The van der Waals surface area contributed by atoms with Crippen molar-refractivity contribution >= 4 is 45.3 Å². The number of carbonyl (C=O) groups excluding carboxylic acids is 5. The van der Waals surface area contributed by atoms with E-state index in [2.05, 4.69) is 28.4 Å². The molecule has 15 atom stereocenters. The number of halogens is 1.